The van der Waals surface area contributed by atoms with Crippen molar-refractivity contribution in [1.82, 2.24) is 0 Å². The van der Waals surface area contributed by atoms with E-state index in [1.54, 1.807) is 18.2 Å². The molecule has 0 bridgehead atoms. The summed E-state index contributed by atoms with van der Waals surface area (Å²) in [7, 11) is -1.83. The maximum absolute atomic E-state index is 8.47. The van der Waals surface area contributed by atoms with Crippen molar-refractivity contribution in [3.63, 3.8) is 0 Å². The first kappa shape index (κ1) is 9.38. The van der Waals surface area contributed by atoms with Gasteiger partial charge in [-0.1, -0.05) is 17.7 Å². The summed E-state index contributed by atoms with van der Waals surface area (Å²) in [6, 6.07) is 5.03. The fraction of sp³-hybridized carbons (Fsp3) is 0.143. The standard InChI is InChI=1S/C7H8BClO3/c1-5-2-3-7(6(9)4-5)12-8(10)11/h2-4,10-11H,1H3. The molecular formula is C7H8BClO3. The molecule has 0 aliphatic carbocycles. The Morgan fingerprint density at radius 3 is 2.58 bits per heavy atom. The lowest BCUT2D eigenvalue weighted by Crippen LogP contribution is -2.20. The highest BCUT2D eigenvalue weighted by molar-refractivity contribution is 6.36. The third kappa shape index (κ3) is 2.41. The molecule has 0 spiro atoms. The summed E-state index contributed by atoms with van der Waals surface area (Å²) in [6.07, 6.45) is 0. The number of halogens is 1. The van der Waals surface area contributed by atoms with Gasteiger partial charge in [-0.25, -0.2) is 0 Å². The Kier molecular flexibility index (Phi) is 2.97. The van der Waals surface area contributed by atoms with E-state index in [2.05, 4.69) is 4.65 Å². The summed E-state index contributed by atoms with van der Waals surface area (Å²) in [6.45, 7) is 1.88. The molecule has 1 rings (SSSR count). The molecule has 1 aromatic rings. The molecule has 3 nitrogen and oxygen atoms in total. The van der Waals surface area contributed by atoms with Crippen molar-refractivity contribution in [2.45, 2.75) is 6.92 Å². The van der Waals surface area contributed by atoms with Gasteiger partial charge in [0, 0.05) is 0 Å². The third-order valence-electron chi connectivity index (χ3n) is 1.32. The molecule has 0 aromatic heterocycles. The van der Waals surface area contributed by atoms with E-state index < -0.39 is 7.32 Å². The van der Waals surface area contributed by atoms with Crippen LogP contribution < -0.4 is 4.65 Å². The highest BCUT2D eigenvalue weighted by Gasteiger charge is 2.13. The predicted molar refractivity (Wildman–Crippen MR) is 47.0 cm³/mol. The van der Waals surface area contributed by atoms with E-state index in [0.29, 0.717) is 5.02 Å². The second kappa shape index (κ2) is 3.80. The summed E-state index contributed by atoms with van der Waals surface area (Å²) in [5, 5.41) is 17.3. The molecule has 12 heavy (non-hydrogen) atoms. The van der Waals surface area contributed by atoms with Gasteiger partial charge in [-0.15, -0.1) is 0 Å². The second-order valence-electron chi connectivity index (χ2n) is 2.38. The summed E-state index contributed by atoms with van der Waals surface area (Å²) >= 11 is 5.73. The molecule has 0 saturated carbocycles. The van der Waals surface area contributed by atoms with Gasteiger partial charge in [0.25, 0.3) is 0 Å². The monoisotopic (exact) mass is 186 g/mol. The molecule has 0 fully saturated rings. The number of rotatable bonds is 2. The van der Waals surface area contributed by atoms with E-state index in [9.17, 15) is 0 Å². The van der Waals surface area contributed by atoms with E-state index in [-0.39, 0.29) is 5.75 Å². The molecule has 2 N–H and O–H groups in total. The van der Waals surface area contributed by atoms with Crippen LogP contribution in [0.15, 0.2) is 18.2 Å². The van der Waals surface area contributed by atoms with Gasteiger partial charge < -0.3 is 14.7 Å². The SMILES string of the molecule is Cc1ccc(OB(O)O)c(Cl)c1. The van der Waals surface area contributed by atoms with Crippen molar-refractivity contribution in [2.24, 2.45) is 0 Å². The Labute approximate surface area is 75.7 Å². The molecule has 0 aliphatic rings. The summed E-state index contributed by atoms with van der Waals surface area (Å²) < 4.78 is 4.58. The average Bonchev–Trinajstić information content (AvgIpc) is 1.94. The highest BCUT2D eigenvalue weighted by atomic mass is 35.5. The smallest absolute Gasteiger partial charge is 0.511 e. The number of aryl methyl sites for hydroxylation is 1. The minimum Gasteiger partial charge on any atom is -0.511 e. The van der Waals surface area contributed by atoms with Crippen molar-refractivity contribution in [3.8, 4) is 5.75 Å². The van der Waals surface area contributed by atoms with Crippen LogP contribution in [0.4, 0.5) is 0 Å². The van der Waals surface area contributed by atoms with Crippen molar-refractivity contribution >= 4 is 18.9 Å². The molecule has 1 aromatic carbocycles. The summed E-state index contributed by atoms with van der Waals surface area (Å²) in [5.74, 6) is 0.261. The predicted octanol–water partition coefficient (Wildman–Crippen LogP) is 0.997. The van der Waals surface area contributed by atoms with E-state index >= 15 is 0 Å². The average molecular weight is 186 g/mol. The normalized spacial score (nSPS) is 9.67. The minimum atomic E-state index is -1.83. The van der Waals surface area contributed by atoms with Crippen molar-refractivity contribution < 1.29 is 14.7 Å². The number of hydrogen-bond acceptors (Lipinski definition) is 3. The zero-order valence-corrected chi connectivity index (χ0v) is 7.25. The first-order valence-electron chi connectivity index (χ1n) is 3.38. The molecule has 0 unspecified atom stereocenters. The fourth-order valence-corrected chi connectivity index (χ4v) is 1.09. The van der Waals surface area contributed by atoms with E-state index in [1.165, 1.54) is 0 Å². The Bertz CT molecular complexity index is 277. The molecule has 0 aliphatic heterocycles. The Balaban J connectivity index is 2.86. The topological polar surface area (TPSA) is 49.7 Å². The van der Waals surface area contributed by atoms with Crippen LogP contribution in [-0.4, -0.2) is 17.4 Å². The molecule has 0 radical (unpaired) electrons. The van der Waals surface area contributed by atoms with Crippen LogP contribution in [0.1, 0.15) is 5.56 Å². The van der Waals surface area contributed by atoms with Crippen molar-refractivity contribution in [3.05, 3.63) is 28.8 Å². The highest BCUT2D eigenvalue weighted by Crippen LogP contribution is 2.24. The second-order valence-corrected chi connectivity index (χ2v) is 2.79. The molecule has 64 valence electrons. The summed E-state index contributed by atoms with van der Waals surface area (Å²) in [5.41, 5.74) is 0.986. The lowest BCUT2D eigenvalue weighted by molar-refractivity contribution is 0.288. The largest absolute Gasteiger partial charge is 0.707 e. The fourth-order valence-electron chi connectivity index (χ4n) is 0.815. The first-order chi connectivity index (χ1) is 5.59. The first-order valence-corrected chi connectivity index (χ1v) is 3.76. The van der Waals surface area contributed by atoms with Crippen LogP contribution in [0.2, 0.25) is 5.02 Å². The van der Waals surface area contributed by atoms with Gasteiger partial charge in [0.15, 0.2) is 0 Å². The van der Waals surface area contributed by atoms with Gasteiger partial charge in [0.1, 0.15) is 5.75 Å². The quantitative estimate of drug-likeness (QED) is 0.678. The van der Waals surface area contributed by atoms with Crippen LogP contribution in [0.5, 0.6) is 5.75 Å². The number of benzene rings is 1. The van der Waals surface area contributed by atoms with Crippen molar-refractivity contribution in [2.75, 3.05) is 0 Å². The Morgan fingerprint density at radius 1 is 1.42 bits per heavy atom. The molecule has 0 amide bonds. The Morgan fingerprint density at radius 2 is 2.08 bits per heavy atom. The third-order valence-corrected chi connectivity index (χ3v) is 1.62. The van der Waals surface area contributed by atoms with E-state index in [0.717, 1.165) is 5.56 Å². The minimum absolute atomic E-state index is 0.261. The summed E-state index contributed by atoms with van der Waals surface area (Å²) in [4.78, 5) is 0. The molecule has 0 heterocycles. The maximum atomic E-state index is 8.47. The van der Waals surface area contributed by atoms with Crippen LogP contribution in [-0.2, 0) is 0 Å². The van der Waals surface area contributed by atoms with Gasteiger partial charge in [0.05, 0.1) is 5.02 Å². The zero-order valence-electron chi connectivity index (χ0n) is 6.49. The van der Waals surface area contributed by atoms with Crippen LogP contribution in [0, 0.1) is 6.92 Å². The van der Waals surface area contributed by atoms with E-state index in [4.69, 9.17) is 21.6 Å². The van der Waals surface area contributed by atoms with Crippen LogP contribution >= 0.6 is 11.6 Å². The van der Waals surface area contributed by atoms with Crippen molar-refractivity contribution in [1.29, 1.82) is 0 Å². The van der Waals surface area contributed by atoms with Crippen LogP contribution in [0.3, 0.4) is 0 Å². The lowest BCUT2D eigenvalue weighted by atomic mass is 10.2. The number of hydrogen-bond donors (Lipinski definition) is 2. The Hall–Kier alpha value is -0.705. The van der Waals surface area contributed by atoms with E-state index in [1.807, 2.05) is 6.92 Å². The van der Waals surface area contributed by atoms with Crippen LogP contribution in [0.25, 0.3) is 0 Å². The van der Waals surface area contributed by atoms with Gasteiger partial charge >= 0.3 is 7.32 Å². The van der Waals surface area contributed by atoms with Gasteiger partial charge in [0.2, 0.25) is 0 Å². The molecule has 0 saturated heterocycles. The van der Waals surface area contributed by atoms with Gasteiger partial charge in [-0.3, -0.25) is 0 Å². The molecular weight excluding hydrogens is 178 g/mol. The molecule has 0 atom stereocenters. The zero-order chi connectivity index (χ0) is 9.14. The van der Waals surface area contributed by atoms with Gasteiger partial charge in [-0.05, 0) is 24.6 Å². The lowest BCUT2D eigenvalue weighted by Gasteiger charge is -2.06. The maximum Gasteiger partial charge on any atom is 0.707 e. The van der Waals surface area contributed by atoms with Gasteiger partial charge in [-0.2, -0.15) is 0 Å². The molecule has 5 heteroatoms.